The van der Waals surface area contributed by atoms with Gasteiger partial charge in [0.15, 0.2) is 0 Å². The van der Waals surface area contributed by atoms with Crippen molar-refractivity contribution in [2.45, 2.75) is 57.2 Å². The van der Waals surface area contributed by atoms with Gasteiger partial charge >= 0.3 is 0 Å². The molecular formula is C12H27NO3SSi. The molecule has 0 aliphatic carbocycles. The van der Waals surface area contributed by atoms with Gasteiger partial charge in [0.1, 0.15) is 0 Å². The lowest BCUT2D eigenvalue weighted by Gasteiger charge is -2.27. The van der Waals surface area contributed by atoms with Crippen LogP contribution in [0.1, 0.15) is 20.8 Å². The molecule has 2 N–H and O–H groups in total. The summed E-state index contributed by atoms with van der Waals surface area (Å²) >= 11 is 0. The van der Waals surface area contributed by atoms with Gasteiger partial charge in [0, 0.05) is 8.07 Å². The lowest BCUT2D eigenvalue weighted by atomic mass is 10.2. The topological polar surface area (TPSA) is 66.4 Å². The fourth-order valence-electron chi connectivity index (χ4n) is 1.42. The first-order valence-electron chi connectivity index (χ1n) is 6.10. The Morgan fingerprint density at radius 3 is 2.06 bits per heavy atom. The van der Waals surface area contributed by atoms with E-state index in [0.29, 0.717) is 0 Å². The minimum absolute atomic E-state index is 0.251. The van der Waals surface area contributed by atoms with Crippen LogP contribution in [0.25, 0.3) is 0 Å². The molecule has 0 aliphatic heterocycles. The van der Waals surface area contributed by atoms with Crippen LogP contribution >= 0.6 is 0 Å². The summed E-state index contributed by atoms with van der Waals surface area (Å²) < 4.78 is 25.7. The summed E-state index contributed by atoms with van der Waals surface area (Å²) in [6.07, 6.45) is 0. The minimum atomic E-state index is -3.47. The molecule has 4 nitrogen and oxygen atoms in total. The van der Waals surface area contributed by atoms with Gasteiger partial charge in [0.05, 0.1) is 17.4 Å². The predicted molar refractivity (Wildman–Crippen MR) is 80.0 cm³/mol. The normalized spacial score (nSPS) is 15.5. The van der Waals surface area contributed by atoms with Crippen LogP contribution in [-0.2, 0) is 10.0 Å². The minimum Gasteiger partial charge on any atom is -0.394 e. The van der Waals surface area contributed by atoms with E-state index in [1.54, 1.807) is 20.8 Å². The summed E-state index contributed by atoms with van der Waals surface area (Å²) in [4.78, 5) is 0. The molecule has 1 atom stereocenters. The first-order chi connectivity index (χ1) is 7.80. The van der Waals surface area contributed by atoms with E-state index in [1.165, 1.54) is 0 Å². The van der Waals surface area contributed by atoms with Crippen LogP contribution in [-0.4, -0.2) is 39.0 Å². The molecule has 0 saturated carbocycles. The molecule has 0 amide bonds. The van der Waals surface area contributed by atoms with Crippen LogP contribution in [0.15, 0.2) is 12.2 Å². The Morgan fingerprint density at radius 1 is 1.33 bits per heavy atom. The predicted octanol–water partition coefficient (Wildman–Crippen LogP) is 1.96. The van der Waals surface area contributed by atoms with Gasteiger partial charge in [-0.15, -0.1) is 0 Å². The summed E-state index contributed by atoms with van der Waals surface area (Å²) in [7, 11) is -4.83. The zero-order valence-electron chi connectivity index (χ0n) is 12.4. The zero-order valence-corrected chi connectivity index (χ0v) is 14.2. The van der Waals surface area contributed by atoms with Gasteiger partial charge in [0.25, 0.3) is 0 Å². The second-order valence-corrected chi connectivity index (χ2v) is 14.8. The van der Waals surface area contributed by atoms with E-state index < -0.39 is 28.9 Å². The van der Waals surface area contributed by atoms with Crippen molar-refractivity contribution >= 4 is 18.1 Å². The molecule has 1 unspecified atom stereocenters. The molecule has 0 heterocycles. The van der Waals surface area contributed by atoms with Crippen molar-refractivity contribution in [1.82, 2.24) is 4.72 Å². The maximum atomic E-state index is 12.0. The number of sulfonamides is 1. The van der Waals surface area contributed by atoms with Crippen LogP contribution in [0, 0.1) is 0 Å². The quantitative estimate of drug-likeness (QED) is 0.581. The van der Waals surface area contributed by atoms with Gasteiger partial charge in [-0.3, -0.25) is 0 Å². The number of aliphatic hydroxyl groups is 1. The molecule has 0 bridgehead atoms. The molecule has 0 aromatic heterocycles. The molecule has 0 aromatic carbocycles. The number of hydrogen-bond acceptors (Lipinski definition) is 3. The molecule has 0 radical (unpaired) electrons. The third-order valence-corrected chi connectivity index (χ3v) is 6.26. The Bertz CT molecular complexity index is 391. The standard InChI is InChI=1S/C12H27NO3SSi/c1-10(9-18(5,6)7)11(8-14)13-17(15,16)12(2,3)4/h11,13-14H,1,8-9H2,2-7H3. The molecule has 0 aliphatic rings. The highest BCUT2D eigenvalue weighted by Crippen LogP contribution is 2.20. The molecule has 0 spiro atoms. The number of hydrogen-bond donors (Lipinski definition) is 2. The van der Waals surface area contributed by atoms with Crippen molar-refractivity contribution in [3.63, 3.8) is 0 Å². The van der Waals surface area contributed by atoms with Crippen molar-refractivity contribution in [3.8, 4) is 0 Å². The van der Waals surface area contributed by atoms with Gasteiger partial charge in [0.2, 0.25) is 10.0 Å². The van der Waals surface area contributed by atoms with Gasteiger partial charge in [-0.1, -0.05) is 31.8 Å². The van der Waals surface area contributed by atoms with Crippen molar-refractivity contribution < 1.29 is 13.5 Å². The Hall–Kier alpha value is -0.173. The first kappa shape index (κ1) is 17.8. The van der Waals surface area contributed by atoms with Crippen LogP contribution in [0.5, 0.6) is 0 Å². The average molecular weight is 294 g/mol. The van der Waals surface area contributed by atoms with Crippen molar-refractivity contribution in [2.75, 3.05) is 6.61 Å². The van der Waals surface area contributed by atoms with Crippen molar-refractivity contribution in [1.29, 1.82) is 0 Å². The van der Waals surface area contributed by atoms with E-state index in [9.17, 15) is 13.5 Å². The highest BCUT2D eigenvalue weighted by Gasteiger charge is 2.32. The fourth-order valence-corrected chi connectivity index (χ4v) is 4.00. The van der Waals surface area contributed by atoms with Gasteiger partial charge in [-0.05, 0) is 26.8 Å². The monoisotopic (exact) mass is 293 g/mol. The van der Waals surface area contributed by atoms with Gasteiger partial charge < -0.3 is 5.11 Å². The van der Waals surface area contributed by atoms with E-state index in [-0.39, 0.29) is 6.61 Å². The largest absolute Gasteiger partial charge is 0.394 e. The smallest absolute Gasteiger partial charge is 0.217 e. The molecular weight excluding hydrogens is 266 g/mol. The molecule has 0 fully saturated rings. The van der Waals surface area contributed by atoms with Gasteiger partial charge in [-0.25, -0.2) is 13.1 Å². The van der Waals surface area contributed by atoms with E-state index in [2.05, 4.69) is 30.9 Å². The maximum Gasteiger partial charge on any atom is 0.217 e. The van der Waals surface area contributed by atoms with Crippen molar-refractivity contribution in [2.24, 2.45) is 0 Å². The summed E-state index contributed by atoms with van der Waals surface area (Å²) in [5, 5.41) is 9.35. The number of aliphatic hydroxyl groups excluding tert-OH is 1. The van der Waals surface area contributed by atoms with Gasteiger partial charge in [-0.2, -0.15) is 0 Å². The second-order valence-electron chi connectivity index (χ2n) is 6.86. The molecule has 18 heavy (non-hydrogen) atoms. The van der Waals surface area contributed by atoms with Crippen LogP contribution in [0.4, 0.5) is 0 Å². The Kier molecular flexibility index (Phi) is 5.80. The Labute approximate surface area is 113 Å². The zero-order chi connectivity index (χ0) is 14.8. The number of rotatable bonds is 6. The van der Waals surface area contributed by atoms with E-state index in [0.717, 1.165) is 11.6 Å². The lowest BCUT2D eigenvalue weighted by Crippen LogP contribution is -2.47. The maximum absolute atomic E-state index is 12.0. The van der Waals surface area contributed by atoms with E-state index in [1.807, 2.05) is 0 Å². The third-order valence-electron chi connectivity index (χ3n) is 2.54. The first-order valence-corrected chi connectivity index (χ1v) is 11.3. The van der Waals surface area contributed by atoms with E-state index >= 15 is 0 Å². The SMILES string of the molecule is C=C(C[Si](C)(C)C)C(CO)NS(=O)(=O)C(C)(C)C. The summed E-state index contributed by atoms with van der Waals surface area (Å²) in [6.45, 7) is 15.1. The summed E-state index contributed by atoms with van der Waals surface area (Å²) in [6, 6.07) is 0.214. The van der Waals surface area contributed by atoms with Crippen LogP contribution in [0.2, 0.25) is 25.7 Å². The second kappa shape index (κ2) is 5.86. The number of nitrogens with one attached hydrogen (secondary N) is 1. The molecule has 0 saturated heterocycles. The molecule has 0 aromatic rings. The van der Waals surface area contributed by atoms with Crippen LogP contribution < -0.4 is 4.72 Å². The van der Waals surface area contributed by atoms with E-state index in [4.69, 9.17) is 0 Å². The fraction of sp³-hybridized carbons (Fsp3) is 0.833. The third kappa shape index (κ3) is 5.64. The average Bonchev–Trinajstić information content (AvgIpc) is 2.09. The highest BCUT2D eigenvalue weighted by atomic mass is 32.2. The van der Waals surface area contributed by atoms with Crippen LogP contribution in [0.3, 0.4) is 0 Å². The highest BCUT2D eigenvalue weighted by molar-refractivity contribution is 7.90. The Balaban J connectivity index is 4.89. The molecule has 0 rings (SSSR count). The molecule has 108 valence electrons. The summed E-state index contributed by atoms with van der Waals surface area (Å²) in [5.41, 5.74) is 0.768. The lowest BCUT2D eigenvalue weighted by molar-refractivity contribution is 0.271. The molecule has 6 heteroatoms. The Morgan fingerprint density at radius 2 is 1.78 bits per heavy atom. The van der Waals surface area contributed by atoms with Crippen molar-refractivity contribution in [3.05, 3.63) is 12.2 Å². The summed E-state index contributed by atoms with van der Waals surface area (Å²) in [5.74, 6) is 0.